The first-order valence-electron chi connectivity index (χ1n) is 8.73. The van der Waals surface area contributed by atoms with Gasteiger partial charge in [0.1, 0.15) is 0 Å². The van der Waals surface area contributed by atoms with Crippen molar-refractivity contribution >= 4 is 5.91 Å². The molecule has 1 fully saturated rings. The highest BCUT2D eigenvalue weighted by Crippen LogP contribution is 2.33. The van der Waals surface area contributed by atoms with Gasteiger partial charge < -0.3 is 10.0 Å². The Bertz CT molecular complexity index is 607. The number of carbonyl (C=O) groups is 1. The number of nitrogens with zero attached hydrogens (tertiary/aromatic N) is 1. The molecule has 0 heterocycles. The smallest absolute Gasteiger partial charge is 0.226 e. The van der Waals surface area contributed by atoms with Crippen LogP contribution in [0.1, 0.15) is 43.2 Å². The topological polar surface area (TPSA) is 40.5 Å². The molecule has 24 heavy (non-hydrogen) atoms. The maximum absolute atomic E-state index is 12.9. The highest BCUT2D eigenvalue weighted by atomic mass is 16.3. The van der Waals surface area contributed by atoms with E-state index in [1.54, 1.807) is 0 Å². The first-order valence-corrected chi connectivity index (χ1v) is 8.73. The van der Waals surface area contributed by atoms with Gasteiger partial charge in [0.25, 0.3) is 0 Å². The van der Waals surface area contributed by atoms with Crippen LogP contribution in [0.3, 0.4) is 0 Å². The van der Waals surface area contributed by atoms with Gasteiger partial charge in [-0.15, -0.1) is 0 Å². The molecule has 0 aromatic heterocycles. The molecule has 3 rings (SSSR count). The Hall–Kier alpha value is -2.13. The SMILES string of the molecule is O=C(CC1(O)CCCC1)N(Cc1ccccc1)Cc1ccccc1. The van der Waals surface area contributed by atoms with E-state index >= 15 is 0 Å². The molecule has 1 aliphatic rings. The summed E-state index contributed by atoms with van der Waals surface area (Å²) in [5.41, 5.74) is 1.42. The first kappa shape index (κ1) is 16.7. The van der Waals surface area contributed by atoms with Gasteiger partial charge in [0.15, 0.2) is 0 Å². The Morgan fingerprint density at radius 1 is 0.875 bits per heavy atom. The molecule has 0 unspecified atom stereocenters. The van der Waals surface area contributed by atoms with Gasteiger partial charge in [-0.05, 0) is 24.0 Å². The van der Waals surface area contributed by atoms with Gasteiger partial charge in [-0.1, -0.05) is 73.5 Å². The largest absolute Gasteiger partial charge is 0.389 e. The van der Waals surface area contributed by atoms with Crippen molar-refractivity contribution in [2.24, 2.45) is 0 Å². The van der Waals surface area contributed by atoms with E-state index in [0.29, 0.717) is 13.1 Å². The molecule has 1 aliphatic carbocycles. The molecule has 1 saturated carbocycles. The van der Waals surface area contributed by atoms with Gasteiger partial charge in [0.05, 0.1) is 12.0 Å². The van der Waals surface area contributed by atoms with E-state index in [-0.39, 0.29) is 12.3 Å². The average molecular weight is 323 g/mol. The number of rotatable bonds is 6. The molecule has 3 nitrogen and oxygen atoms in total. The predicted molar refractivity (Wildman–Crippen MR) is 95.2 cm³/mol. The molecule has 0 atom stereocenters. The van der Waals surface area contributed by atoms with E-state index in [4.69, 9.17) is 0 Å². The Labute approximate surface area is 143 Å². The molecular formula is C21H25NO2. The normalized spacial score (nSPS) is 16.0. The monoisotopic (exact) mass is 323 g/mol. The van der Waals surface area contributed by atoms with Gasteiger partial charge in [0, 0.05) is 13.1 Å². The molecule has 1 amide bonds. The lowest BCUT2D eigenvalue weighted by Crippen LogP contribution is -2.37. The van der Waals surface area contributed by atoms with Crippen molar-refractivity contribution in [2.45, 2.75) is 50.8 Å². The summed E-state index contributed by atoms with van der Waals surface area (Å²) >= 11 is 0. The van der Waals surface area contributed by atoms with Gasteiger partial charge in [-0.25, -0.2) is 0 Å². The van der Waals surface area contributed by atoms with E-state index < -0.39 is 5.60 Å². The van der Waals surface area contributed by atoms with Crippen LogP contribution in [0.25, 0.3) is 0 Å². The number of hydrogen-bond acceptors (Lipinski definition) is 2. The quantitative estimate of drug-likeness (QED) is 0.875. The Balaban J connectivity index is 1.74. The highest BCUT2D eigenvalue weighted by molar-refractivity contribution is 5.77. The molecule has 0 saturated heterocycles. The fourth-order valence-electron chi connectivity index (χ4n) is 3.44. The van der Waals surface area contributed by atoms with Crippen LogP contribution in [0.4, 0.5) is 0 Å². The second-order valence-electron chi connectivity index (χ2n) is 6.83. The van der Waals surface area contributed by atoms with Crippen LogP contribution in [-0.4, -0.2) is 21.5 Å². The zero-order valence-corrected chi connectivity index (χ0v) is 14.0. The van der Waals surface area contributed by atoms with Crippen LogP contribution < -0.4 is 0 Å². The number of amides is 1. The fourth-order valence-corrected chi connectivity index (χ4v) is 3.44. The zero-order chi connectivity index (χ0) is 16.8. The second kappa shape index (κ2) is 7.63. The van der Waals surface area contributed by atoms with Crippen molar-refractivity contribution in [2.75, 3.05) is 0 Å². The van der Waals surface area contributed by atoms with Crippen LogP contribution in [0.2, 0.25) is 0 Å². The minimum Gasteiger partial charge on any atom is -0.389 e. The minimum atomic E-state index is -0.803. The molecule has 0 bridgehead atoms. The molecule has 0 aliphatic heterocycles. The summed E-state index contributed by atoms with van der Waals surface area (Å²) in [6.07, 6.45) is 3.74. The second-order valence-corrected chi connectivity index (χ2v) is 6.83. The van der Waals surface area contributed by atoms with Gasteiger partial charge in [0.2, 0.25) is 5.91 Å². The first-order chi connectivity index (χ1) is 11.6. The summed E-state index contributed by atoms with van der Waals surface area (Å²) in [5, 5.41) is 10.6. The van der Waals surface area contributed by atoms with Crippen molar-refractivity contribution in [3.05, 3.63) is 71.8 Å². The van der Waals surface area contributed by atoms with E-state index in [2.05, 4.69) is 0 Å². The lowest BCUT2D eigenvalue weighted by molar-refractivity contribution is -0.137. The summed E-state index contributed by atoms with van der Waals surface area (Å²) < 4.78 is 0. The summed E-state index contributed by atoms with van der Waals surface area (Å²) in [6, 6.07) is 20.1. The number of carbonyl (C=O) groups excluding carboxylic acids is 1. The molecule has 126 valence electrons. The van der Waals surface area contributed by atoms with Crippen LogP contribution in [0.15, 0.2) is 60.7 Å². The average Bonchev–Trinajstić information content (AvgIpc) is 3.02. The third-order valence-electron chi connectivity index (χ3n) is 4.80. The van der Waals surface area contributed by atoms with Crippen molar-refractivity contribution in [1.82, 2.24) is 4.90 Å². The van der Waals surface area contributed by atoms with E-state index in [1.807, 2.05) is 65.6 Å². The maximum Gasteiger partial charge on any atom is 0.226 e. The van der Waals surface area contributed by atoms with Crippen molar-refractivity contribution in [3.63, 3.8) is 0 Å². The number of aliphatic hydroxyl groups is 1. The Kier molecular flexibility index (Phi) is 5.31. The van der Waals surface area contributed by atoms with Crippen LogP contribution in [-0.2, 0) is 17.9 Å². The van der Waals surface area contributed by atoms with Crippen LogP contribution in [0, 0.1) is 0 Å². The van der Waals surface area contributed by atoms with Crippen LogP contribution >= 0.6 is 0 Å². The minimum absolute atomic E-state index is 0.0344. The summed E-state index contributed by atoms with van der Waals surface area (Å²) in [7, 11) is 0. The molecule has 2 aromatic carbocycles. The molecule has 0 radical (unpaired) electrons. The number of benzene rings is 2. The summed E-state index contributed by atoms with van der Waals surface area (Å²) in [5.74, 6) is 0.0344. The molecular weight excluding hydrogens is 298 g/mol. The highest BCUT2D eigenvalue weighted by Gasteiger charge is 2.34. The van der Waals surface area contributed by atoms with E-state index in [9.17, 15) is 9.90 Å². The molecule has 1 N–H and O–H groups in total. The van der Waals surface area contributed by atoms with Gasteiger partial charge >= 0.3 is 0 Å². The van der Waals surface area contributed by atoms with E-state index in [1.165, 1.54) is 0 Å². The zero-order valence-electron chi connectivity index (χ0n) is 14.0. The predicted octanol–water partition coefficient (Wildman–Crippen LogP) is 3.91. The van der Waals surface area contributed by atoms with Crippen molar-refractivity contribution < 1.29 is 9.90 Å². The third kappa shape index (κ3) is 4.45. The summed E-state index contributed by atoms with van der Waals surface area (Å²) in [6.45, 7) is 1.15. The lowest BCUT2D eigenvalue weighted by atomic mass is 9.97. The maximum atomic E-state index is 12.9. The number of hydrogen-bond donors (Lipinski definition) is 1. The van der Waals surface area contributed by atoms with Crippen molar-refractivity contribution in [1.29, 1.82) is 0 Å². The Morgan fingerprint density at radius 3 is 1.79 bits per heavy atom. The fraction of sp³-hybridized carbons (Fsp3) is 0.381. The van der Waals surface area contributed by atoms with Gasteiger partial charge in [-0.3, -0.25) is 4.79 Å². The molecule has 2 aromatic rings. The standard InChI is InChI=1S/C21H25NO2/c23-20(15-21(24)13-7-8-14-21)22(16-18-9-3-1-4-10-18)17-19-11-5-2-6-12-19/h1-6,9-12,24H,7-8,13-17H2. The summed E-state index contributed by atoms with van der Waals surface area (Å²) in [4.78, 5) is 14.7. The van der Waals surface area contributed by atoms with Crippen molar-refractivity contribution in [3.8, 4) is 0 Å². The molecule has 3 heteroatoms. The lowest BCUT2D eigenvalue weighted by Gasteiger charge is -2.28. The third-order valence-corrected chi connectivity index (χ3v) is 4.80. The van der Waals surface area contributed by atoms with Crippen LogP contribution in [0.5, 0.6) is 0 Å². The van der Waals surface area contributed by atoms with E-state index in [0.717, 1.165) is 36.8 Å². The molecule has 0 spiro atoms. The Morgan fingerprint density at radius 2 is 1.33 bits per heavy atom. The van der Waals surface area contributed by atoms with Gasteiger partial charge in [-0.2, -0.15) is 0 Å².